The number of aliphatic hydroxyl groups excluding tert-OH is 1. The first kappa shape index (κ1) is 26.0. The van der Waals surface area contributed by atoms with Gasteiger partial charge in [-0.05, 0) is 43.7 Å². The number of nitrogens with one attached hydrogen (secondary N) is 2. The predicted molar refractivity (Wildman–Crippen MR) is 151 cm³/mol. The molecule has 12 heteroatoms. The van der Waals surface area contributed by atoms with Crippen LogP contribution in [0.1, 0.15) is 41.5 Å². The molecule has 0 unspecified atom stereocenters. The van der Waals surface area contributed by atoms with Gasteiger partial charge in [-0.1, -0.05) is 30.3 Å². The largest absolute Gasteiger partial charge is 0.416 e. The van der Waals surface area contributed by atoms with Crippen LogP contribution in [0.2, 0.25) is 0 Å². The molecular formula is C29H27N9O3. The summed E-state index contributed by atoms with van der Waals surface area (Å²) < 4.78 is 5.95. The molecule has 6 rings (SSSR count). The molecule has 206 valence electrons. The summed E-state index contributed by atoms with van der Waals surface area (Å²) in [5.41, 5.74) is 2.66. The molecule has 0 saturated carbocycles. The van der Waals surface area contributed by atoms with Crippen molar-refractivity contribution in [3.8, 4) is 22.9 Å². The average molecular weight is 550 g/mol. The maximum atomic E-state index is 12.6. The molecule has 12 nitrogen and oxygen atoms in total. The van der Waals surface area contributed by atoms with Crippen LogP contribution >= 0.6 is 0 Å². The second-order valence-corrected chi connectivity index (χ2v) is 10.0. The summed E-state index contributed by atoms with van der Waals surface area (Å²) in [5.74, 6) is 1.52. The number of carbonyl (C=O) groups is 1. The lowest BCUT2D eigenvalue weighted by Gasteiger charge is -2.27. The number of nitrogens with zero attached hydrogens (tertiary/aromatic N) is 7. The molecule has 0 spiro atoms. The van der Waals surface area contributed by atoms with Crippen LogP contribution in [0.3, 0.4) is 0 Å². The second kappa shape index (κ2) is 10.4. The number of carbonyl (C=O) groups excluding carboxylic acids is 1. The SMILES string of the molecule is CN1C(=O)c2ccc(Nc3ncc(-c4nnc(-c5cccnc5)o4)c(N[C@H](CO)c4ccccc4)n3)nc2C1(C)C. The van der Waals surface area contributed by atoms with Crippen molar-refractivity contribution in [2.24, 2.45) is 0 Å². The van der Waals surface area contributed by atoms with Crippen molar-refractivity contribution in [2.45, 2.75) is 25.4 Å². The average Bonchev–Trinajstić information content (AvgIpc) is 3.55. The van der Waals surface area contributed by atoms with E-state index in [1.54, 1.807) is 48.7 Å². The van der Waals surface area contributed by atoms with Gasteiger partial charge in [-0.15, -0.1) is 10.2 Å². The lowest BCUT2D eigenvalue weighted by Crippen LogP contribution is -2.35. The number of pyridine rings is 2. The van der Waals surface area contributed by atoms with Gasteiger partial charge in [0.2, 0.25) is 11.8 Å². The van der Waals surface area contributed by atoms with Crippen molar-refractivity contribution < 1.29 is 14.3 Å². The number of anilines is 3. The van der Waals surface area contributed by atoms with Crippen molar-refractivity contribution in [2.75, 3.05) is 24.3 Å². The highest BCUT2D eigenvalue weighted by atomic mass is 16.4. The first-order chi connectivity index (χ1) is 19.8. The molecule has 1 aliphatic rings. The summed E-state index contributed by atoms with van der Waals surface area (Å²) in [6.45, 7) is 3.71. The smallest absolute Gasteiger partial charge is 0.256 e. The van der Waals surface area contributed by atoms with Gasteiger partial charge in [0.15, 0.2) is 0 Å². The second-order valence-electron chi connectivity index (χ2n) is 10.0. The molecule has 1 atom stereocenters. The van der Waals surface area contributed by atoms with E-state index in [4.69, 9.17) is 14.4 Å². The minimum atomic E-state index is -0.560. The van der Waals surface area contributed by atoms with E-state index >= 15 is 0 Å². The normalized spacial score (nSPS) is 14.5. The Labute approximate surface area is 235 Å². The fourth-order valence-electron chi connectivity index (χ4n) is 4.61. The van der Waals surface area contributed by atoms with Gasteiger partial charge < -0.3 is 25.1 Å². The fraction of sp³-hybridized carbons (Fsp3) is 0.207. The Kier molecular flexibility index (Phi) is 6.59. The Hall–Kier alpha value is -5.23. The van der Waals surface area contributed by atoms with Crippen LogP contribution in [0.5, 0.6) is 0 Å². The maximum absolute atomic E-state index is 12.6. The number of benzene rings is 1. The highest BCUT2D eigenvalue weighted by Gasteiger charge is 2.42. The topological polar surface area (TPSA) is 155 Å². The van der Waals surface area contributed by atoms with Gasteiger partial charge in [0.25, 0.3) is 11.8 Å². The van der Waals surface area contributed by atoms with Crippen LogP contribution in [0.25, 0.3) is 22.9 Å². The van der Waals surface area contributed by atoms with Crippen LogP contribution in [-0.2, 0) is 5.54 Å². The summed E-state index contributed by atoms with van der Waals surface area (Å²) in [7, 11) is 1.76. The van der Waals surface area contributed by atoms with Crippen molar-refractivity contribution >= 4 is 23.5 Å². The van der Waals surface area contributed by atoms with E-state index in [0.29, 0.717) is 39.9 Å². The van der Waals surface area contributed by atoms with E-state index in [9.17, 15) is 9.90 Å². The van der Waals surface area contributed by atoms with Gasteiger partial charge in [0, 0.05) is 25.6 Å². The van der Waals surface area contributed by atoms with Crippen LogP contribution in [0, 0.1) is 0 Å². The van der Waals surface area contributed by atoms with E-state index in [0.717, 1.165) is 5.56 Å². The third-order valence-electron chi connectivity index (χ3n) is 7.14. The number of hydrogen-bond donors (Lipinski definition) is 3. The Morgan fingerprint density at radius 3 is 2.54 bits per heavy atom. The van der Waals surface area contributed by atoms with E-state index in [2.05, 4.69) is 30.8 Å². The summed E-state index contributed by atoms with van der Waals surface area (Å²) in [5, 5.41) is 25.0. The quantitative estimate of drug-likeness (QED) is 0.255. The first-order valence-electron chi connectivity index (χ1n) is 13.0. The molecule has 0 aliphatic carbocycles. The van der Waals surface area contributed by atoms with Crippen LogP contribution in [0.15, 0.2) is 77.6 Å². The minimum Gasteiger partial charge on any atom is -0.416 e. The number of aliphatic hydroxyl groups is 1. The van der Waals surface area contributed by atoms with Crippen LogP contribution in [-0.4, -0.2) is 59.7 Å². The lowest BCUT2D eigenvalue weighted by molar-refractivity contribution is 0.0688. The Bertz CT molecular complexity index is 1710. The van der Waals surface area contributed by atoms with Gasteiger partial charge in [0.05, 0.1) is 40.6 Å². The van der Waals surface area contributed by atoms with Crippen LogP contribution in [0.4, 0.5) is 17.6 Å². The molecule has 0 bridgehead atoms. The molecule has 0 radical (unpaired) electrons. The zero-order valence-electron chi connectivity index (χ0n) is 22.6. The molecule has 1 amide bonds. The molecule has 0 saturated heterocycles. The molecule has 1 aliphatic heterocycles. The Morgan fingerprint density at radius 1 is 0.976 bits per heavy atom. The standard InChI is InChI=1S/C29H27N9O3/c1-29(2)23-19(27(40)38(29)3)11-12-22(33-23)34-28-31-15-20(26-37-36-25(41-26)18-10-7-13-30-14-18)24(35-28)32-21(16-39)17-8-5-4-6-9-17/h4-15,21,39H,16H2,1-3H3,(H2,31,32,33,34,35)/t21-/m1/s1. The molecule has 3 N–H and O–H groups in total. The molecule has 41 heavy (non-hydrogen) atoms. The predicted octanol–water partition coefficient (Wildman–Crippen LogP) is 4.19. The highest BCUT2D eigenvalue weighted by Crippen LogP contribution is 2.37. The Balaban J connectivity index is 1.36. The van der Waals surface area contributed by atoms with Crippen molar-refractivity contribution in [3.63, 3.8) is 0 Å². The van der Waals surface area contributed by atoms with Gasteiger partial charge >= 0.3 is 0 Å². The highest BCUT2D eigenvalue weighted by molar-refractivity contribution is 5.99. The number of fused-ring (bicyclic) bond motifs is 1. The van der Waals surface area contributed by atoms with Gasteiger partial charge in [-0.2, -0.15) is 4.98 Å². The van der Waals surface area contributed by atoms with Crippen molar-refractivity contribution in [1.29, 1.82) is 0 Å². The summed E-state index contributed by atoms with van der Waals surface area (Å²) in [6, 6.07) is 16.1. The number of amides is 1. The molecule has 5 heterocycles. The summed E-state index contributed by atoms with van der Waals surface area (Å²) in [4.78, 5) is 32.3. The monoisotopic (exact) mass is 549 g/mol. The van der Waals surface area contributed by atoms with E-state index < -0.39 is 11.6 Å². The minimum absolute atomic E-state index is 0.0719. The summed E-state index contributed by atoms with van der Waals surface area (Å²) in [6.07, 6.45) is 4.85. The molecule has 5 aromatic rings. The zero-order valence-corrected chi connectivity index (χ0v) is 22.6. The lowest BCUT2D eigenvalue weighted by atomic mass is 10.00. The maximum Gasteiger partial charge on any atom is 0.256 e. The third-order valence-corrected chi connectivity index (χ3v) is 7.14. The van der Waals surface area contributed by atoms with Crippen LogP contribution < -0.4 is 10.6 Å². The van der Waals surface area contributed by atoms with Crippen molar-refractivity contribution in [1.82, 2.24) is 35.0 Å². The molecule has 0 fully saturated rings. The van der Waals surface area contributed by atoms with E-state index in [1.165, 1.54) is 0 Å². The fourth-order valence-corrected chi connectivity index (χ4v) is 4.61. The summed E-state index contributed by atoms with van der Waals surface area (Å²) >= 11 is 0. The number of hydrogen-bond acceptors (Lipinski definition) is 11. The van der Waals surface area contributed by atoms with Crippen molar-refractivity contribution in [3.05, 3.63) is 90.0 Å². The van der Waals surface area contributed by atoms with Gasteiger partial charge in [0.1, 0.15) is 11.6 Å². The Morgan fingerprint density at radius 2 is 1.78 bits per heavy atom. The van der Waals surface area contributed by atoms with Gasteiger partial charge in [-0.3, -0.25) is 9.78 Å². The zero-order chi connectivity index (χ0) is 28.6. The number of rotatable bonds is 8. The molecule has 1 aromatic carbocycles. The third kappa shape index (κ3) is 4.85. The number of aromatic nitrogens is 6. The first-order valence-corrected chi connectivity index (χ1v) is 13.0. The molecule has 4 aromatic heterocycles. The van der Waals surface area contributed by atoms with E-state index in [1.807, 2.05) is 50.2 Å². The molecular weight excluding hydrogens is 522 g/mol. The van der Waals surface area contributed by atoms with E-state index in [-0.39, 0.29) is 24.4 Å². The van der Waals surface area contributed by atoms with Gasteiger partial charge in [-0.25, -0.2) is 9.97 Å².